The van der Waals surface area contributed by atoms with Crippen molar-refractivity contribution in [2.24, 2.45) is 0 Å². The molecule has 1 aromatic heterocycles. The van der Waals surface area contributed by atoms with Crippen molar-refractivity contribution >= 4 is 23.3 Å². The number of halogens is 2. The zero-order valence-electron chi connectivity index (χ0n) is 14.9. The normalized spacial score (nSPS) is 16.8. The number of piperidine rings is 1. The number of rotatable bonds is 3. The van der Waals surface area contributed by atoms with Crippen LogP contribution in [0, 0.1) is 5.82 Å². The Morgan fingerprint density at radius 3 is 2.89 bits per heavy atom. The lowest BCUT2D eigenvalue weighted by Gasteiger charge is -2.33. The van der Waals surface area contributed by atoms with Crippen molar-refractivity contribution in [1.82, 2.24) is 15.0 Å². The molecule has 6 nitrogen and oxygen atoms in total. The number of carbonyl (C=O) groups is 1. The Morgan fingerprint density at radius 2 is 2.07 bits per heavy atom. The average Bonchev–Trinajstić information content (AvgIpc) is 3.20. The fourth-order valence-corrected chi connectivity index (χ4v) is 3.49. The number of amides is 2. The highest BCUT2D eigenvalue weighted by atomic mass is 35.5. The molecule has 144 valence electrons. The monoisotopic (exact) mass is 400 g/mol. The first kappa shape index (κ1) is 18.4. The van der Waals surface area contributed by atoms with Crippen molar-refractivity contribution in [2.45, 2.75) is 25.3 Å². The van der Waals surface area contributed by atoms with Gasteiger partial charge in [-0.3, -0.25) is 0 Å². The van der Waals surface area contributed by atoms with E-state index < -0.39 is 11.8 Å². The maximum Gasteiger partial charge on any atom is 0.322 e. The molecule has 2 aromatic carbocycles. The van der Waals surface area contributed by atoms with Gasteiger partial charge < -0.3 is 14.7 Å². The molecule has 28 heavy (non-hydrogen) atoms. The van der Waals surface area contributed by atoms with Crippen LogP contribution in [0.1, 0.15) is 31.2 Å². The minimum absolute atomic E-state index is 0.141. The summed E-state index contributed by atoms with van der Waals surface area (Å²) in [6, 6.07) is 12.5. The minimum Gasteiger partial charge on any atom is -0.337 e. The van der Waals surface area contributed by atoms with E-state index in [0.717, 1.165) is 18.4 Å². The van der Waals surface area contributed by atoms with E-state index in [0.29, 0.717) is 29.7 Å². The van der Waals surface area contributed by atoms with E-state index in [1.54, 1.807) is 29.2 Å². The van der Waals surface area contributed by atoms with Crippen LogP contribution >= 0.6 is 11.6 Å². The topological polar surface area (TPSA) is 71.3 Å². The number of urea groups is 1. The highest BCUT2D eigenvalue weighted by Crippen LogP contribution is 2.32. The van der Waals surface area contributed by atoms with Gasteiger partial charge in [0.25, 0.3) is 0 Å². The van der Waals surface area contributed by atoms with Crippen molar-refractivity contribution in [2.75, 3.05) is 11.9 Å². The molecule has 0 bridgehead atoms. The summed E-state index contributed by atoms with van der Waals surface area (Å²) in [5.74, 6) is 0.293. The van der Waals surface area contributed by atoms with Gasteiger partial charge in [0.2, 0.25) is 11.7 Å². The van der Waals surface area contributed by atoms with E-state index in [1.165, 1.54) is 12.1 Å². The molecular weight excluding hydrogens is 383 g/mol. The maximum absolute atomic E-state index is 13.9. The first-order chi connectivity index (χ1) is 13.6. The van der Waals surface area contributed by atoms with Gasteiger partial charge in [0.1, 0.15) is 11.9 Å². The van der Waals surface area contributed by atoms with Gasteiger partial charge >= 0.3 is 6.03 Å². The largest absolute Gasteiger partial charge is 0.337 e. The van der Waals surface area contributed by atoms with Gasteiger partial charge in [0.05, 0.1) is 5.69 Å². The Kier molecular flexibility index (Phi) is 5.25. The van der Waals surface area contributed by atoms with Crippen LogP contribution in [0.4, 0.5) is 14.9 Å². The highest BCUT2D eigenvalue weighted by molar-refractivity contribution is 6.30. The molecule has 0 unspecified atom stereocenters. The summed E-state index contributed by atoms with van der Waals surface area (Å²) < 4.78 is 19.3. The molecule has 1 aliphatic heterocycles. The number of anilines is 1. The second kappa shape index (κ2) is 7.98. The first-order valence-electron chi connectivity index (χ1n) is 9.03. The van der Waals surface area contributed by atoms with Crippen LogP contribution in [-0.4, -0.2) is 27.6 Å². The van der Waals surface area contributed by atoms with E-state index in [4.69, 9.17) is 16.1 Å². The molecule has 1 fully saturated rings. The number of hydrogen-bond donors (Lipinski definition) is 1. The Morgan fingerprint density at radius 1 is 1.21 bits per heavy atom. The number of aromatic nitrogens is 2. The Hall–Kier alpha value is -2.93. The lowest BCUT2D eigenvalue weighted by molar-refractivity contribution is 0.142. The van der Waals surface area contributed by atoms with E-state index in [-0.39, 0.29) is 11.7 Å². The van der Waals surface area contributed by atoms with Crippen LogP contribution in [0.15, 0.2) is 53.1 Å². The van der Waals surface area contributed by atoms with Gasteiger partial charge in [-0.05, 0) is 43.5 Å². The summed E-state index contributed by atoms with van der Waals surface area (Å²) >= 11 is 6.03. The van der Waals surface area contributed by atoms with Crippen molar-refractivity contribution in [3.8, 4) is 11.4 Å². The summed E-state index contributed by atoms with van der Waals surface area (Å²) in [4.78, 5) is 18.9. The molecule has 0 radical (unpaired) electrons. The van der Waals surface area contributed by atoms with E-state index >= 15 is 0 Å². The molecule has 2 heterocycles. The number of benzene rings is 2. The second-order valence-corrected chi connectivity index (χ2v) is 7.02. The lowest BCUT2D eigenvalue weighted by Crippen LogP contribution is -2.41. The molecule has 4 rings (SSSR count). The van der Waals surface area contributed by atoms with Crippen LogP contribution in [0.3, 0.4) is 0 Å². The van der Waals surface area contributed by atoms with Crippen LogP contribution in [0.25, 0.3) is 11.4 Å². The molecule has 0 saturated carbocycles. The molecule has 3 aromatic rings. The maximum atomic E-state index is 13.9. The Labute approximate surface area is 166 Å². The Balaban J connectivity index is 1.56. The molecule has 1 aliphatic rings. The smallest absolute Gasteiger partial charge is 0.322 e. The third kappa shape index (κ3) is 3.84. The number of nitrogens with zero attached hydrogens (tertiary/aromatic N) is 3. The van der Waals surface area contributed by atoms with Crippen molar-refractivity contribution in [1.29, 1.82) is 0 Å². The summed E-state index contributed by atoms with van der Waals surface area (Å²) in [5, 5.41) is 7.24. The molecule has 1 atom stereocenters. The highest BCUT2D eigenvalue weighted by Gasteiger charge is 2.32. The second-order valence-electron chi connectivity index (χ2n) is 6.58. The molecule has 8 heteroatoms. The number of likely N-dealkylation sites (tertiary alicyclic amines) is 1. The van der Waals surface area contributed by atoms with Crippen LogP contribution < -0.4 is 5.32 Å². The SMILES string of the molecule is O=C(Nc1ccccc1F)N1CCCC[C@@H]1c1nc(-c2cccc(Cl)c2)no1. The van der Waals surface area contributed by atoms with E-state index in [1.807, 2.05) is 12.1 Å². The standard InChI is InChI=1S/C20H18ClFN4O2/c21-14-7-5-6-13(12-14)18-24-19(28-25-18)17-10-3-4-11-26(17)20(27)23-16-9-2-1-8-15(16)22/h1-2,5-9,12,17H,3-4,10-11H2,(H,23,27)/t17-/m1/s1. The average molecular weight is 401 g/mol. The summed E-state index contributed by atoms with van der Waals surface area (Å²) in [5.41, 5.74) is 0.877. The van der Waals surface area contributed by atoms with Gasteiger partial charge in [-0.1, -0.05) is 41.0 Å². The van der Waals surface area contributed by atoms with Gasteiger partial charge in [0.15, 0.2) is 0 Å². The number of carbonyl (C=O) groups excluding carboxylic acids is 1. The van der Waals surface area contributed by atoms with Crippen LogP contribution in [0.2, 0.25) is 5.02 Å². The van der Waals surface area contributed by atoms with Crippen molar-refractivity contribution in [3.63, 3.8) is 0 Å². The van der Waals surface area contributed by atoms with E-state index in [9.17, 15) is 9.18 Å². The summed E-state index contributed by atoms with van der Waals surface area (Å²) in [7, 11) is 0. The summed E-state index contributed by atoms with van der Waals surface area (Å²) in [6.45, 7) is 0.528. The number of para-hydroxylation sites is 1. The lowest BCUT2D eigenvalue weighted by atomic mass is 10.0. The predicted molar refractivity (Wildman–Crippen MR) is 103 cm³/mol. The molecule has 0 spiro atoms. The fourth-order valence-electron chi connectivity index (χ4n) is 3.30. The predicted octanol–water partition coefficient (Wildman–Crippen LogP) is 5.29. The molecule has 2 amide bonds. The van der Waals surface area contributed by atoms with Gasteiger partial charge in [-0.15, -0.1) is 0 Å². The van der Waals surface area contributed by atoms with Gasteiger partial charge in [0, 0.05) is 17.1 Å². The molecule has 1 N–H and O–H groups in total. The molecular formula is C20H18ClFN4O2. The quantitative estimate of drug-likeness (QED) is 0.648. The third-order valence-corrected chi connectivity index (χ3v) is 4.92. The first-order valence-corrected chi connectivity index (χ1v) is 9.41. The van der Waals surface area contributed by atoms with Crippen molar-refractivity contribution < 1.29 is 13.7 Å². The van der Waals surface area contributed by atoms with Gasteiger partial charge in [-0.25, -0.2) is 9.18 Å². The summed E-state index contributed by atoms with van der Waals surface area (Å²) in [6.07, 6.45) is 2.49. The minimum atomic E-state index is -0.481. The van der Waals surface area contributed by atoms with Crippen molar-refractivity contribution in [3.05, 3.63) is 65.3 Å². The molecule has 1 saturated heterocycles. The fraction of sp³-hybridized carbons (Fsp3) is 0.250. The number of nitrogens with one attached hydrogen (secondary N) is 1. The van der Waals surface area contributed by atoms with Crippen LogP contribution in [-0.2, 0) is 0 Å². The zero-order valence-corrected chi connectivity index (χ0v) is 15.7. The number of hydrogen-bond acceptors (Lipinski definition) is 4. The van der Waals surface area contributed by atoms with Gasteiger partial charge in [-0.2, -0.15) is 4.98 Å². The van der Waals surface area contributed by atoms with Crippen LogP contribution in [0.5, 0.6) is 0 Å². The third-order valence-electron chi connectivity index (χ3n) is 4.69. The van der Waals surface area contributed by atoms with E-state index in [2.05, 4.69) is 15.5 Å². The molecule has 0 aliphatic carbocycles. The Bertz CT molecular complexity index is 994. The zero-order chi connectivity index (χ0) is 19.5.